The van der Waals surface area contributed by atoms with E-state index in [4.69, 9.17) is 23.8 Å². The number of hydrogen-bond acceptors (Lipinski definition) is 5. The number of hydrogen-bond donors (Lipinski definition) is 0. The zero-order valence-electron chi connectivity index (χ0n) is 26.6. The molecule has 11 aromatic rings. The first-order valence-corrected chi connectivity index (χ1v) is 16.7. The highest BCUT2D eigenvalue weighted by atomic mass is 16.3. The first-order chi connectivity index (χ1) is 24.7. The van der Waals surface area contributed by atoms with E-state index in [0.717, 1.165) is 66.0 Å². The summed E-state index contributed by atoms with van der Waals surface area (Å²) >= 11 is 0. The Balaban J connectivity index is 1.11. The van der Waals surface area contributed by atoms with Gasteiger partial charge in [0.1, 0.15) is 22.3 Å². The lowest BCUT2D eigenvalue weighted by atomic mass is 9.96. The lowest BCUT2D eigenvalue weighted by Crippen LogP contribution is -2.00. The lowest BCUT2D eigenvalue weighted by molar-refractivity contribution is 0.668. The van der Waals surface area contributed by atoms with Crippen LogP contribution in [0.5, 0.6) is 0 Å². The Morgan fingerprint density at radius 1 is 0.280 bits per heavy atom. The van der Waals surface area contributed by atoms with Crippen molar-refractivity contribution in [3.63, 3.8) is 0 Å². The van der Waals surface area contributed by atoms with Gasteiger partial charge in [-0.1, -0.05) is 109 Å². The van der Waals surface area contributed by atoms with Crippen molar-refractivity contribution in [3.8, 4) is 34.2 Å². The smallest absolute Gasteiger partial charge is 0.164 e. The number of aromatic nitrogens is 3. The summed E-state index contributed by atoms with van der Waals surface area (Å²) in [4.78, 5) is 15.2. The molecule has 3 heterocycles. The maximum atomic E-state index is 6.25. The topological polar surface area (TPSA) is 65.0 Å². The SMILES string of the molecule is c1ccc2c(c1)ccc1c3ccc(-c4nc(-c5ccc6c(c5)oc5ccccc56)nc(-c5ccc6c(c5)oc5ccccc56)n4)cc3ccc21. The molecule has 0 bridgehead atoms. The largest absolute Gasteiger partial charge is 0.456 e. The molecule has 0 N–H and O–H groups in total. The first-order valence-electron chi connectivity index (χ1n) is 16.7. The number of benzene rings is 8. The monoisotopic (exact) mass is 639 g/mol. The summed E-state index contributed by atoms with van der Waals surface area (Å²) in [6.45, 7) is 0. The molecule has 0 aliphatic rings. The van der Waals surface area contributed by atoms with Crippen LogP contribution in [-0.2, 0) is 0 Å². The molecular formula is C45H25N3O2. The Kier molecular flexibility index (Phi) is 5.60. The lowest BCUT2D eigenvalue weighted by Gasteiger charge is -2.11. The maximum Gasteiger partial charge on any atom is 0.164 e. The van der Waals surface area contributed by atoms with Crippen LogP contribution in [0.25, 0.3) is 110 Å². The summed E-state index contributed by atoms with van der Waals surface area (Å²) in [6, 6.07) is 52.4. The predicted molar refractivity (Wildman–Crippen MR) is 203 cm³/mol. The minimum Gasteiger partial charge on any atom is -0.456 e. The van der Waals surface area contributed by atoms with Crippen LogP contribution in [0, 0.1) is 0 Å². The summed E-state index contributed by atoms with van der Waals surface area (Å²) in [7, 11) is 0. The second-order valence-electron chi connectivity index (χ2n) is 12.8. The first kappa shape index (κ1) is 27.1. The molecule has 3 aromatic heterocycles. The van der Waals surface area contributed by atoms with E-state index in [2.05, 4.69) is 103 Å². The zero-order valence-corrected chi connectivity index (χ0v) is 26.6. The molecule has 0 aliphatic carbocycles. The van der Waals surface area contributed by atoms with Gasteiger partial charge in [-0.3, -0.25) is 0 Å². The summed E-state index contributed by atoms with van der Waals surface area (Å²) in [5, 5.41) is 11.6. The average molecular weight is 640 g/mol. The maximum absolute atomic E-state index is 6.25. The van der Waals surface area contributed by atoms with E-state index in [-0.39, 0.29) is 0 Å². The van der Waals surface area contributed by atoms with Crippen molar-refractivity contribution in [2.75, 3.05) is 0 Å². The van der Waals surface area contributed by atoms with E-state index in [1.165, 1.54) is 26.9 Å². The third-order valence-electron chi connectivity index (χ3n) is 9.91. The molecule has 0 radical (unpaired) electrons. The Bertz CT molecular complexity index is 3040. The van der Waals surface area contributed by atoms with Crippen molar-refractivity contribution in [1.82, 2.24) is 15.0 Å². The van der Waals surface area contributed by atoms with Gasteiger partial charge in [-0.2, -0.15) is 0 Å². The minimum absolute atomic E-state index is 0.571. The van der Waals surface area contributed by atoms with Crippen LogP contribution in [0.3, 0.4) is 0 Å². The van der Waals surface area contributed by atoms with Crippen molar-refractivity contribution in [3.05, 3.63) is 152 Å². The summed E-state index contributed by atoms with van der Waals surface area (Å²) < 4.78 is 12.5. The Morgan fingerprint density at radius 3 is 1.26 bits per heavy atom. The molecule has 0 atom stereocenters. The van der Waals surface area contributed by atoms with Crippen LogP contribution >= 0.6 is 0 Å². The summed E-state index contributed by atoms with van der Waals surface area (Å²) in [5.41, 5.74) is 5.91. The molecule has 0 aliphatic heterocycles. The molecule has 5 nitrogen and oxygen atoms in total. The molecule has 8 aromatic carbocycles. The highest BCUT2D eigenvalue weighted by molar-refractivity contribution is 6.17. The van der Waals surface area contributed by atoms with Gasteiger partial charge in [0.2, 0.25) is 0 Å². The van der Waals surface area contributed by atoms with Crippen LogP contribution in [0.2, 0.25) is 0 Å². The van der Waals surface area contributed by atoms with E-state index in [9.17, 15) is 0 Å². The van der Waals surface area contributed by atoms with E-state index < -0.39 is 0 Å². The fraction of sp³-hybridized carbons (Fsp3) is 0. The molecular weight excluding hydrogens is 615 g/mol. The third-order valence-corrected chi connectivity index (χ3v) is 9.91. The fourth-order valence-corrected chi connectivity index (χ4v) is 7.46. The molecule has 0 amide bonds. The number of furan rings is 2. The molecule has 232 valence electrons. The van der Waals surface area contributed by atoms with E-state index in [1.54, 1.807) is 0 Å². The van der Waals surface area contributed by atoms with Crippen molar-refractivity contribution in [1.29, 1.82) is 0 Å². The molecule has 0 saturated heterocycles. The number of para-hydroxylation sites is 2. The van der Waals surface area contributed by atoms with E-state index in [0.29, 0.717) is 17.5 Å². The van der Waals surface area contributed by atoms with E-state index >= 15 is 0 Å². The van der Waals surface area contributed by atoms with Crippen molar-refractivity contribution in [2.45, 2.75) is 0 Å². The summed E-state index contributed by atoms with van der Waals surface area (Å²) in [5.74, 6) is 1.74. The van der Waals surface area contributed by atoms with Gasteiger partial charge in [-0.15, -0.1) is 0 Å². The molecule has 0 unspecified atom stereocenters. The van der Waals surface area contributed by atoms with Gasteiger partial charge in [0, 0.05) is 38.2 Å². The average Bonchev–Trinajstić information content (AvgIpc) is 3.74. The van der Waals surface area contributed by atoms with Crippen LogP contribution < -0.4 is 0 Å². The van der Waals surface area contributed by atoms with Crippen LogP contribution in [0.15, 0.2) is 160 Å². The molecule has 0 spiro atoms. The summed E-state index contributed by atoms with van der Waals surface area (Å²) in [6.07, 6.45) is 0. The van der Waals surface area contributed by atoms with Crippen molar-refractivity contribution in [2.24, 2.45) is 0 Å². The normalized spacial score (nSPS) is 12.0. The number of nitrogens with zero attached hydrogens (tertiary/aromatic N) is 3. The number of rotatable bonds is 3. The quantitative estimate of drug-likeness (QED) is 0.180. The molecule has 0 saturated carbocycles. The van der Waals surface area contributed by atoms with Gasteiger partial charge < -0.3 is 8.83 Å². The van der Waals surface area contributed by atoms with E-state index in [1.807, 2.05) is 48.5 Å². The Morgan fingerprint density at radius 2 is 0.680 bits per heavy atom. The van der Waals surface area contributed by atoms with Gasteiger partial charge in [-0.25, -0.2) is 15.0 Å². The second kappa shape index (κ2) is 10.3. The molecule has 50 heavy (non-hydrogen) atoms. The van der Waals surface area contributed by atoms with Crippen molar-refractivity contribution < 1.29 is 8.83 Å². The highest BCUT2D eigenvalue weighted by Crippen LogP contribution is 2.36. The van der Waals surface area contributed by atoms with Crippen LogP contribution in [0.1, 0.15) is 0 Å². The van der Waals surface area contributed by atoms with Crippen LogP contribution in [0.4, 0.5) is 0 Å². The van der Waals surface area contributed by atoms with Crippen LogP contribution in [-0.4, -0.2) is 15.0 Å². The Hall–Kier alpha value is -6.85. The van der Waals surface area contributed by atoms with Gasteiger partial charge in [-0.05, 0) is 74.8 Å². The predicted octanol–water partition coefficient (Wildman–Crippen LogP) is 12.1. The number of fused-ring (bicyclic) bond motifs is 11. The Labute approximate surface area is 285 Å². The minimum atomic E-state index is 0.571. The molecule has 11 rings (SSSR count). The molecule has 0 fully saturated rings. The van der Waals surface area contributed by atoms with Gasteiger partial charge in [0.25, 0.3) is 0 Å². The van der Waals surface area contributed by atoms with Gasteiger partial charge in [0.05, 0.1) is 0 Å². The fourth-order valence-electron chi connectivity index (χ4n) is 7.46. The zero-order chi connectivity index (χ0) is 32.8. The standard InChI is InChI=1S/C45H25N3O2/c1-2-8-31-26(7-1)13-19-34-32-18-15-28(23-27(32)14-20-33(31)34)43-46-44(29-16-21-37-35-9-3-5-11-39(35)49-41(37)24-29)48-45(47-43)30-17-22-38-36-10-4-6-12-40(36)50-42(38)25-30/h1-25H. The van der Waals surface area contributed by atoms with Gasteiger partial charge >= 0.3 is 0 Å². The third kappa shape index (κ3) is 4.10. The second-order valence-corrected chi connectivity index (χ2v) is 12.8. The molecule has 5 heteroatoms. The van der Waals surface area contributed by atoms with Gasteiger partial charge in [0.15, 0.2) is 17.5 Å². The highest BCUT2D eigenvalue weighted by Gasteiger charge is 2.17. The van der Waals surface area contributed by atoms with Crippen molar-refractivity contribution >= 4 is 76.2 Å².